The molecule has 0 bridgehead atoms. The number of nitrogens with zero attached hydrogens (tertiary/aromatic N) is 2. The average Bonchev–Trinajstić information content (AvgIpc) is 2.98. The summed E-state index contributed by atoms with van der Waals surface area (Å²) >= 11 is 3.89. The van der Waals surface area contributed by atoms with E-state index in [1.165, 1.54) is 19.3 Å². The molecule has 12 heteroatoms. The summed E-state index contributed by atoms with van der Waals surface area (Å²) < 4.78 is 5.56. The molecule has 2 aromatic carbocycles. The summed E-state index contributed by atoms with van der Waals surface area (Å²) in [7, 11) is 1.22. The van der Waals surface area contributed by atoms with Crippen LogP contribution >= 0.6 is 27.7 Å². The third-order valence-corrected chi connectivity index (χ3v) is 5.71. The Morgan fingerprint density at radius 2 is 2.06 bits per heavy atom. The van der Waals surface area contributed by atoms with Gasteiger partial charge in [0.25, 0.3) is 11.1 Å². The summed E-state index contributed by atoms with van der Waals surface area (Å²) in [6.45, 7) is -0.498. The number of phenolic OH excluding ortho intramolecular Hbond substituents is 1. The lowest BCUT2D eigenvalue weighted by molar-refractivity contribution is -0.386. The van der Waals surface area contributed by atoms with Crippen LogP contribution in [-0.2, 0) is 9.59 Å². The minimum absolute atomic E-state index is 0.0271. The Hall–Kier alpha value is -3.38. The Morgan fingerprint density at radius 1 is 1.35 bits per heavy atom. The summed E-state index contributed by atoms with van der Waals surface area (Å²) in [6, 6.07) is 9.20. The van der Waals surface area contributed by atoms with Gasteiger partial charge in [-0.2, -0.15) is 0 Å². The van der Waals surface area contributed by atoms with Crippen molar-refractivity contribution in [3.8, 4) is 11.5 Å². The molecule has 0 radical (unpaired) electrons. The van der Waals surface area contributed by atoms with Gasteiger partial charge in [0.15, 0.2) is 5.75 Å². The topological polar surface area (TPSA) is 139 Å². The maximum Gasteiger partial charge on any atom is 0.315 e. The van der Waals surface area contributed by atoms with E-state index in [9.17, 15) is 29.6 Å². The molecule has 31 heavy (non-hydrogen) atoms. The molecule has 3 amide bonds. The lowest BCUT2D eigenvalue weighted by Crippen LogP contribution is -2.36. The van der Waals surface area contributed by atoms with Crippen LogP contribution in [0, 0.1) is 10.1 Å². The van der Waals surface area contributed by atoms with Gasteiger partial charge in [-0.15, -0.1) is 0 Å². The number of aromatic hydroxyl groups is 1. The summed E-state index contributed by atoms with van der Waals surface area (Å²) in [5.41, 5.74) is 0.0423. The van der Waals surface area contributed by atoms with Crippen molar-refractivity contribution >= 4 is 62.2 Å². The quantitative estimate of drug-likeness (QED) is 0.342. The van der Waals surface area contributed by atoms with Gasteiger partial charge in [0.05, 0.1) is 22.6 Å². The second-order valence-corrected chi connectivity index (χ2v) is 7.99. The minimum atomic E-state index is -0.799. The van der Waals surface area contributed by atoms with Gasteiger partial charge in [-0.1, -0.05) is 12.1 Å². The number of hydrogen-bond acceptors (Lipinski definition) is 8. The fraction of sp³-hybridized carbons (Fsp3) is 0.105. The predicted octanol–water partition coefficient (Wildman–Crippen LogP) is 3.75. The van der Waals surface area contributed by atoms with Gasteiger partial charge in [0.2, 0.25) is 11.7 Å². The number of amides is 3. The van der Waals surface area contributed by atoms with E-state index in [2.05, 4.69) is 21.2 Å². The standard InChI is InChI=1S/C19H14BrN3O7S/c1-30-14-7-10(6-13(17(14)25)23(28)29)8-15-18(26)22(19(27)31-15)9-16(24)21-12-5-3-2-4-11(12)20/h2-8,25H,9H2,1H3,(H,21,24)/b15-8+. The van der Waals surface area contributed by atoms with Crippen molar-refractivity contribution in [3.05, 3.63) is 61.5 Å². The monoisotopic (exact) mass is 507 g/mol. The first-order valence-electron chi connectivity index (χ1n) is 8.56. The molecule has 0 aliphatic carbocycles. The zero-order valence-corrected chi connectivity index (χ0v) is 18.2. The molecule has 1 fully saturated rings. The molecular weight excluding hydrogens is 494 g/mol. The average molecular weight is 508 g/mol. The van der Waals surface area contributed by atoms with E-state index in [1.807, 2.05) is 0 Å². The lowest BCUT2D eigenvalue weighted by atomic mass is 10.1. The van der Waals surface area contributed by atoms with Crippen LogP contribution in [0.1, 0.15) is 5.56 Å². The van der Waals surface area contributed by atoms with Crippen molar-refractivity contribution in [2.75, 3.05) is 19.0 Å². The third kappa shape index (κ3) is 4.86. The second-order valence-electron chi connectivity index (χ2n) is 6.14. The molecule has 1 aliphatic heterocycles. The van der Waals surface area contributed by atoms with E-state index in [1.54, 1.807) is 24.3 Å². The number of ether oxygens (including phenoxy) is 1. The number of carbonyl (C=O) groups is 3. The van der Waals surface area contributed by atoms with Crippen molar-refractivity contribution in [1.29, 1.82) is 0 Å². The van der Waals surface area contributed by atoms with Crippen molar-refractivity contribution in [2.24, 2.45) is 0 Å². The Labute approximate surface area is 188 Å². The van der Waals surface area contributed by atoms with Gasteiger partial charge in [0, 0.05) is 10.5 Å². The van der Waals surface area contributed by atoms with E-state index in [0.29, 0.717) is 21.9 Å². The number of halogens is 1. The molecule has 1 heterocycles. The number of para-hydroxylation sites is 1. The van der Waals surface area contributed by atoms with Crippen LogP contribution in [0.3, 0.4) is 0 Å². The van der Waals surface area contributed by atoms with Crippen LogP contribution in [0.2, 0.25) is 0 Å². The first kappa shape index (κ1) is 22.3. The van der Waals surface area contributed by atoms with Crippen LogP contribution < -0.4 is 10.1 Å². The highest BCUT2D eigenvalue weighted by Crippen LogP contribution is 2.39. The summed E-state index contributed by atoms with van der Waals surface area (Å²) in [6.07, 6.45) is 1.26. The Bertz CT molecular complexity index is 1140. The molecule has 3 rings (SSSR count). The van der Waals surface area contributed by atoms with Gasteiger partial charge >= 0.3 is 5.69 Å². The molecule has 1 aliphatic rings. The number of carbonyl (C=O) groups excluding carboxylic acids is 3. The number of benzene rings is 2. The normalized spacial score (nSPS) is 14.8. The fourth-order valence-electron chi connectivity index (χ4n) is 2.68. The van der Waals surface area contributed by atoms with Crippen LogP contribution in [0.25, 0.3) is 6.08 Å². The fourth-order valence-corrected chi connectivity index (χ4v) is 3.90. The molecule has 0 aromatic heterocycles. The Morgan fingerprint density at radius 3 is 2.71 bits per heavy atom. The number of hydrogen-bond donors (Lipinski definition) is 2. The number of nitrogens with one attached hydrogen (secondary N) is 1. The molecule has 160 valence electrons. The minimum Gasteiger partial charge on any atom is -0.500 e. The maximum atomic E-state index is 12.6. The molecule has 0 atom stereocenters. The Kier molecular flexibility index (Phi) is 6.61. The Balaban J connectivity index is 1.81. The van der Waals surface area contributed by atoms with Crippen LogP contribution in [0.15, 0.2) is 45.8 Å². The highest BCUT2D eigenvalue weighted by atomic mass is 79.9. The van der Waals surface area contributed by atoms with E-state index in [4.69, 9.17) is 4.74 Å². The van der Waals surface area contributed by atoms with Crippen molar-refractivity contribution < 1.29 is 29.2 Å². The van der Waals surface area contributed by atoms with E-state index in [0.717, 1.165) is 11.0 Å². The van der Waals surface area contributed by atoms with E-state index >= 15 is 0 Å². The molecule has 0 saturated carbocycles. The smallest absolute Gasteiger partial charge is 0.315 e. The zero-order chi connectivity index (χ0) is 22.7. The molecule has 0 unspecified atom stereocenters. The van der Waals surface area contributed by atoms with Crippen molar-refractivity contribution in [2.45, 2.75) is 0 Å². The molecule has 10 nitrogen and oxygen atoms in total. The summed E-state index contributed by atoms with van der Waals surface area (Å²) in [5.74, 6) is -2.10. The van der Waals surface area contributed by atoms with Crippen molar-refractivity contribution in [1.82, 2.24) is 4.90 Å². The van der Waals surface area contributed by atoms with Crippen LogP contribution in [0.4, 0.5) is 16.2 Å². The van der Waals surface area contributed by atoms with Gasteiger partial charge in [-0.05, 0) is 57.5 Å². The summed E-state index contributed by atoms with van der Waals surface area (Å²) in [5, 5.41) is 22.9. The predicted molar refractivity (Wildman–Crippen MR) is 117 cm³/mol. The number of anilines is 1. The van der Waals surface area contributed by atoms with Gasteiger partial charge in [0.1, 0.15) is 6.54 Å². The van der Waals surface area contributed by atoms with Gasteiger partial charge < -0.3 is 15.2 Å². The molecule has 2 N–H and O–H groups in total. The number of nitro benzene ring substituents is 1. The van der Waals surface area contributed by atoms with Gasteiger partial charge in [-0.25, -0.2) is 0 Å². The number of phenols is 1. The number of nitro groups is 1. The maximum absolute atomic E-state index is 12.6. The van der Waals surface area contributed by atoms with Gasteiger partial charge in [-0.3, -0.25) is 29.4 Å². The lowest BCUT2D eigenvalue weighted by Gasteiger charge is -2.13. The molecular formula is C19H14BrN3O7S. The molecule has 0 spiro atoms. The molecule has 2 aromatic rings. The third-order valence-electron chi connectivity index (χ3n) is 4.11. The van der Waals surface area contributed by atoms with Crippen LogP contribution in [-0.4, -0.2) is 45.6 Å². The second kappa shape index (κ2) is 9.18. The van der Waals surface area contributed by atoms with E-state index in [-0.39, 0.29) is 16.2 Å². The first-order chi connectivity index (χ1) is 14.7. The highest BCUT2D eigenvalue weighted by Gasteiger charge is 2.36. The van der Waals surface area contributed by atoms with E-state index < -0.39 is 40.0 Å². The number of methoxy groups -OCH3 is 1. The number of imide groups is 1. The summed E-state index contributed by atoms with van der Waals surface area (Å²) in [4.78, 5) is 48.3. The first-order valence-corrected chi connectivity index (χ1v) is 10.2. The van der Waals surface area contributed by atoms with Crippen molar-refractivity contribution in [3.63, 3.8) is 0 Å². The molecule has 1 saturated heterocycles. The highest BCUT2D eigenvalue weighted by molar-refractivity contribution is 9.10. The number of rotatable bonds is 6. The zero-order valence-electron chi connectivity index (χ0n) is 15.8. The van der Waals surface area contributed by atoms with Crippen LogP contribution in [0.5, 0.6) is 11.5 Å². The largest absolute Gasteiger partial charge is 0.500 e. The number of thioether (sulfide) groups is 1. The SMILES string of the molecule is COc1cc(/C=C2/SC(=O)N(CC(=O)Nc3ccccc3Br)C2=O)cc([N+](=O)[O-])c1O.